The molecule has 1 aliphatic rings. The van der Waals surface area contributed by atoms with E-state index in [1.54, 1.807) is 12.1 Å². The summed E-state index contributed by atoms with van der Waals surface area (Å²) in [5, 5.41) is 12.9. The minimum absolute atomic E-state index is 0.331. The van der Waals surface area contributed by atoms with Crippen molar-refractivity contribution in [2.75, 3.05) is 6.54 Å². The molecule has 0 amide bonds. The molecule has 0 aliphatic heterocycles. The van der Waals surface area contributed by atoms with E-state index in [2.05, 4.69) is 39.4 Å². The normalized spacial score (nSPS) is 17.1. The van der Waals surface area contributed by atoms with Crippen molar-refractivity contribution in [1.82, 2.24) is 5.32 Å². The average molecular weight is 332 g/mol. The minimum Gasteiger partial charge on any atom is -0.508 e. The van der Waals surface area contributed by atoms with Crippen molar-refractivity contribution < 1.29 is 5.11 Å². The van der Waals surface area contributed by atoms with E-state index in [-0.39, 0.29) is 0 Å². The van der Waals surface area contributed by atoms with Crippen LogP contribution in [0.2, 0.25) is 0 Å². The van der Waals surface area contributed by atoms with Crippen LogP contribution in [-0.2, 0) is 12.8 Å². The maximum absolute atomic E-state index is 9.27. The van der Waals surface area contributed by atoms with Gasteiger partial charge >= 0.3 is 0 Å². The lowest BCUT2D eigenvalue weighted by atomic mass is 10.1. The molecule has 1 atom stereocenters. The number of rotatable bonds is 4. The lowest BCUT2D eigenvalue weighted by Crippen LogP contribution is -2.21. The summed E-state index contributed by atoms with van der Waals surface area (Å²) in [4.78, 5) is 0. The molecule has 0 saturated carbocycles. The first-order valence-corrected chi connectivity index (χ1v) is 7.81. The summed E-state index contributed by atoms with van der Waals surface area (Å²) in [5.74, 6) is 0.331. The van der Waals surface area contributed by atoms with Crippen LogP contribution in [-0.4, -0.2) is 11.7 Å². The maximum Gasteiger partial charge on any atom is 0.115 e. The highest BCUT2D eigenvalue weighted by molar-refractivity contribution is 9.10. The van der Waals surface area contributed by atoms with Gasteiger partial charge in [-0.05, 0) is 66.8 Å². The monoisotopic (exact) mass is 331 g/mol. The first-order valence-electron chi connectivity index (χ1n) is 7.02. The number of hydrogen-bond donors (Lipinski definition) is 2. The van der Waals surface area contributed by atoms with Gasteiger partial charge in [0.25, 0.3) is 0 Å². The van der Waals surface area contributed by atoms with E-state index in [9.17, 15) is 5.11 Å². The highest BCUT2D eigenvalue weighted by Gasteiger charge is 2.21. The van der Waals surface area contributed by atoms with Gasteiger partial charge in [-0.15, -0.1) is 0 Å². The van der Waals surface area contributed by atoms with Gasteiger partial charge < -0.3 is 10.4 Å². The Morgan fingerprint density at radius 3 is 2.75 bits per heavy atom. The highest BCUT2D eigenvalue weighted by Crippen LogP contribution is 2.32. The molecule has 104 valence electrons. The summed E-state index contributed by atoms with van der Waals surface area (Å²) < 4.78 is 1.17. The molecule has 2 N–H and O–H groups in total. The predicted octanol–water partition coefficient (Wildman–Crippen LogP) is 3.97. The highest BCUT2D eigenvalue weighted by atomic mass is 79.9. The van der Waals surface area contributed by atoms with Crippen molar-refractivity contribution in [3.8, 4) is 5.75 Å². The summed E-state index contributed by atoms with van der Waals surface area (Å²) in [6.45, 7) is 0.963. The van der Waals surface area contributed by atoms with Crippen molar-refractivity contribution in [2.24, 2.45) is 0 Å². The van der Waals surface area contributed by atoms with Crippen LogP contribution in [0, 0.1) is 0 Å². The molecule has 2 aromatic rings. The van der Waals surface area contributed by atoms with Crippen LogP contribution in [0.4, 0.5) is 0 Å². The molecule has 2 aromatic carbocycles. The molecule has 0 radical (unpaired) electrons. The van der Waals surface area contributed by atoms with Crippen LogP contribution in [0.15, 0.2) is 46.9 Å². The van der Waals surface area contributed by atoms with E-state index in [1.165, 1.54) is 27.6 Å². The molecule has 1 unspecified atom stereocenters. The van der Waals surface area contributed by atoms with Crippen molar-refractivity contribution >= 4 is 15.9 Å². The fraction of sp³-hybridized carbons (Fsp3) is 0.294. The quantitative estimate of drug-likeness (QED) is 0.888. The topological polar surface area (TPSA) is 32.3 Å². The molecule has 0 aromatic heterocycles. The number of fused-ring (bicyclic) bond motifs is 1. The maximum atomic E-state index is 9.27. The Bertz CT molecular complexity index is 594. The third kappa shape index (κ3) is 3.05. The second kappa shape index (κ2) is 5.98. The van der Waals surface area contributed by atoms with Gasteiger partial charge in [-0.25, -0.2) is 0 Å². The van der Waals surface area contributed by atoms with E-state index in [1.807, 2.05) is 12.1 Å². The van der Waals surface area contributed by atoms with E-state index in [4.69, 9.17) is 0 Å². The third-order valence-corrected chi connectivity index (χ3v) is 4.42. The van der Waals surface area contributed by atoms with E-state index < -0.39 is 0 Å². The Labute approximate surface area is 128 Å². The second-order valence-electron chi connectivity index (χ2n) is 5.30. The fourth-order valence-corrected chi connectivity index (χ4v) is 3.26. The van der Waals surface area contributed by atoms with Crippen LogP contribution in [0.25, 0.3) is 0 Å². The Balaban J connectivity index is 1.57. The van der Waals surface area contributed by atoms with E-state index >= 15 is 0 Å². The van der Waals surface area contributed by atoms with Gasteiger partial charge in [0.05, 0.1) is 0 Å². The predicted molar refractivity (Wildman–Crippen MR) is 85.0 cm³/mol. The second-order valence-corrected chi connectivity index (χ2v) is 6.22. The Hall–Kier alpha value is -1.32. The standard InChI is InChI=1S/C17H18BrNO/c18-14-4-7-16-13(11-14)3-8-17(16)19-10-9-12-1-5-15(20)6-2-12/h1-2,4-7,11,17,19-20H,3,8-10H2. The number of aromatic hydroxyl groups is 1. The summed E-state index contributed by atoms with van der Waals surface area (Å²) in [5.41, 5.74) is 4.16. The van der Waals surface area contributed by atoms with Crippen LogP contribution < -0.4 is 5.32 Å². The summed E-state index contributed by atoms with van der Waals surface area (Å²) in [6, 6.07) is 14.5. The lowest BCUT2D eigenvalue weighted by Gasteiger charge is -2.14. The Kier molecular flexibility index (Phi) is 4.08. The zero-order chi connectivity index (χ0) is 13.9. The van der Waals surface area contributed by atoms with Crippen LogP contribution >= 0.6 is 15.9 Å². The Morgan fingerprint density at radius 1 is 1.15 bits per heavy atom. The zero-order valence-corrected chi connectivity index (χ0v) is 12.9. The van der Waals surface area contributed by atoms with Gasteiger partial charge in [-0.2, -0.15) is 0 Å². The summed E-state index contributed by atoms with van der Waals surface area (Å²) in [7, 11) is 0. The van der Waals surface area contributed by atoms with Gasteiger partial charge in [0.15, 0.2) is 0 Å². The number of phenolic OH excluding ortho intramolecular Hbond substituents is 1. The third-order valence-electron chi connectivity index (χ3n) is 3.92. The van der Waals surface area contributed by atoms with E-state index in [0.717, 1.165) is 19.4 Å². The number of benzene rings is 2. The largest absolute Gasteiger partial charge is 0.508 e. The molecule has 0 bridgehead atoms. The van der Waals surface area contributed by atoms with Crippen LogP contribution in [0.5, 0.6) is 5.75 Å². The van der Waals surface area contributed by atoms with Gasteiger partial charge in [-0.1, -0.05) is 34.1 Å². The number of phenols is 1. The fourth-order valence-electron chi connectivity index (χ4n) is 2.85. The average Bonchev–Trinajstić information content (AvgIpc) is 2.83. The number of halogens is 1. The molecule has 2 nitrogen and oxygen atoms in total. The molecular formula is C17H18BrNO. The molecule has 3 heteroatoms. The summed E-state index contributed by atoms with van der Waals surface area (Å²) in [6.07, 6.45) is 3.33. The van der Waals surface area contributed by atoms with Crippen molar-refractivity contribution in [3.05, 3.63) is 63.6 Å². The molecule has 0 heterocycles. The van der Waals surface area contributed by atoms with Gasteiger partial charge in [0.2, 0.25) is 0 Å². The van der Waals surface area contributed by atoms with Gasteiger partial charge in [-0.3, -0.25) is 0 Å². The molecule has 1 aliphatic carbocycles. The first kappa shape index (κ1) is 13.7. The minimum atomic E-state index is 0.331. The molecule has 20 heavy (non-hydrogen) atoms. The SMILES string of the molecule is Oc1ccc(CCNC2CCc3cc(Br)ccc32)cc1. The van der Waals surface area contributed by atoms with Crippen LogP contribution in [0.3, 0.4) is 0 Å². The van der Waals surface area contributed by atoms with Gasteiger partial charge in [0, 0.05) is 10.5 Å². The number of hydrogen-bond acceptors (Lipinski definition) is 2. The first-order chi connectivity index (χ1) is 9.72. The molecule has 0 fully saturated rings. The van der Waals surface area contributed by atoms with Crippen molar-refractivity contribution in [1.29, 1.82) is 0 Å². The molecule has 0 spiro atoms. The Morgan fingerprint density at radius 2 is 1.95 bits per heavy atom. The molecular weight excluding hydrogens is 314 g/mol. The number of aryl methyl sites for hydroxylation is 1. The smallest absolute Gasteiger partial charge is 0.115 e. The zero-order valence-electron chi connectivity index (χ0n) is 11.3. The van der Waals surface area contributed by atoms with Crippen molar-refractivity contribution in [3.63, 3.8) is 0 Å². The summed E-state index contributed by atoms with van der Waals surface area (Å²) >= 11 is 3.53. The number of nitrogens with one attached hydrogen (secondary N) is 1. The van der Waals surface area contributed by atoms with Crippen LogP contribution in [0.1, 0.15) is 29.2 Å². The van der Waals surface area contributed by atoms with Gasteiger partial charge in [0.1, 0.15) is 5.75 Å². The molecule has 3 rings (SSSR count). The lowest BCUT2D eigenvalue weighted by molar-refractivity contribution is 0.475. The molecule has 0 saturated heterocycles. The van der Waals surface area contributed by atoms with Crippen molar-refractivity contribution in [2.45, 2.75) is 25.3 Å². The van der Waals surface area contributed by atoms with E-state index in [0.29, 0.717) is 11.8 Å².